The molecular formula is C5HF7. The molecule has 70 valence electrons. The van der Waals surface area contributed by atoms with E-state index < -0.39 is 30.0 Å². The largest absolute Gasteiger partial charge is 0.446 e. The molecule has 0 bridgehead atoms. The fourth-order valence-corrected chi connectivity index (χ4v) is 0.277. The molecule has 0 fully saturated rings. The lowest BCUT2D eigenvalue weighted by Gasteiger charge is -2.02. The molecule has 0 spiro atoms. The summed E-state index contributed by atoms with van der Waals surface area (Å²) in [5.74, 6) is -8.73. The monoisotopic (exact) mass is 194 g/mol. The maximum atomic E-state index is 11.8. The Morgan fingerprint density at radius 3 is 1.67 bits per heavy atom. The molecule has 0 atom stereocenters. The standard InChI is InChI=1S/C5HF7/c6-1-2(7)3(8)4(9)5(10,11)12/h1H/b2-1-,4-3+. The van der Waals surface area contributed by atoms with Crippen LogP contribution in [0, 0.1) is 0 Å². The van der Waals surface area contributed by atoms with Crippen LogP contribution < -0.4 is 0 Å². The average molecular weight is 194 g/mol. The van der Waals surface area contributed by atoms with Crippen molar-refractivity contribution in [2.45, 2.75) is 6.18 Å². The van der Waals surface area contributed by atoms with E-state index in [4.69, 9.17) is 0 Å². The molecule has 0 rings (SSSR count). The summed E-state index contributed by atoms with van der Waals surface area (Å²) >= 11 is 0. The smallest absolute Gasteiger partial charge is 0.212 e. The van der Waals surface area contributed by atoms with Crippen molar-refractivity contribution in [1.82, 2.24) is 0 Å². The molecule has 0 amide bonds. The van der Waals surface area contributed by atoms with Crippen molar-refractivity contribution in [3.8, 4) is 0 Å². The highest BCUT2D eigenvalue weighted by atomic mass is 19.4. The van der Waals surface area contributed by atoms with E-state index in [1.165, 1.54) is 0 Å². The topological polar surface area (TPSA) is 0 Å². The van der Waals surface area contributed by atoms with Crippen molar-refractivity contribution in [3.05, 3.63) is 23.8 Å². The predicted octanol–water partition coefficient (Wildman–Crippen LogP) is 3.48. The van der Waals surface area contributed by atoms with Crippen molar-refractivity contribution >= 4 is 0 Å². The lowest BCUT2D eigenvalue weighted by atomic mass is 10.4. The quantitative estimate of drug-likeness (QED) is 0.442. The summed E-state index contributed by atoms with van der Waals surface area (Å²) in [7, 11) is 0. The van der Waals surface area contributed by atoms with Crippen LogP contribution in [0.25, 0.3) is 0 Å². The molecule has 7 heteroatoms. The molecule has 0 radical (unpaired) electrons. The summed E-state index contributed by atoms with van der Waals surface area (Å²) < 4.78 is 79.7. The van der Waals surface area contributed by atoms with Crippen molar-refractivity contribution < 1.29 is 30.7 Å². The van der Waals surface area contributed by atoms with Crippen LogP contribution in [0.2, 0.25) is 0 Å². The molecule has 0 nitrogen and oxygen atoms in total. The van der Waals surface area contributed by atoms with Gasteiger partial charge in [-0.15, -0.1) is 0 Å². The Morgan fingerprint density at radius 1 is 1.00 bits per heavy atom. The molecule has 0 aliphatic heterocycles. The molecule has 0 saturated carbocycles. The lowest BCUT2D eigenvalue weighted by molar-refractivity contribution is -0.111. The van der Waals surface area contributed by atoms with E-state index in [1.54, 1.807) is 0 Å². The van der Waals surface area contributed by atoms with Gasteiger partial charge in [0.2, 0.25) is 11.7 Å². The van der Waals surface area contributed by atoms with E-state index in [2.05, 4.69) is 0 Å². The van der Waals surface area contributed by atoms with Gasteiger partial charge in [0.25, 0.3) is 0 Å². The Labute approximate surface area is 62.0 Å². The van der Waals surface area contributed by atoms with Gasteiger partial charge in [0.05, 0.1) is 0 Å². The molecule has 12 heavy (non-hydrogen) atoms. The van der Waals surface area contributed by atoms with Crippen LogP contribution in [0.1, 0.15) is 0 Å². The number of hydrogen-bond donors (Lipinski definition) is 0. The zero-order valence-corrected chi connectivity index (χ0v) is 5.22. The van der Waals surface area contributed by atoms with Crippen molar-refractivity contribution in [2.75, 3.05) is 0 Å². The predicted molar refractivity (Wildman–Crippen MR) is 25.6 cm³/mol. The van der Waals surface area contributed by atoms with Crippen LogP contribution in [0.5, 0.6) is 0 Å². The van der Waals surface area contributed by atoms with Crippen molar-refractivity contribution in [2.24, 2.45) is 0 Å². The first-order valence-corrected chi connectivity index (χ1v) is 2.39. The van der Waals surface area contributed by atoms with Gasteiger partial charge in [-0.25, -0.2) is 13.2 Å². The Balaban J connectivity index is 4.96. The minimum Gasteiger partial charge on any atom is -0.212 e. The van der Waals surface area contributed by atoms with Gasteiger partial charge in [0, 0.05) is 0 Å². The third-order valence-electron chi connectivity index (χ3n) is 0.747. The number of halogens is 7. The average Bonchev–Trinajstić information content (AvgIpc) is 1.98. The van der Waals surface area contributed by atoms with E-state index in [0.29, 0.717) is 0 Å². The Bertz CT molecular complexity index is 220. The van der Waals surface area contributed by atoms with Gasteiger partial charge in [0.15, 0.2) is 5.83 Å². The van der Waals surface area contributed by atoms with Crippen LogP contribution in [0.15, 0.2) is 23.8 Å². The summed E-state index contributed by atoms with van der Waals surface area (Å²) in [6, 6.07) is 0. The normalized spacial score (nSPS) is 16.1. The second-order valence-corrected chi connectivity index (χ2v) is 1.58. The zero-order chi connectivity index (χ0) is 9.94. The molecule has 0 aromatic heterocycles. The molecule has 0 aliphatic carbocycles. The first-order valence-electron chi connectivity index (χ1n) is 2.39. The molecule has 0 unspecified atom stereocenters. The van der Waals surface area contributed by atoms with Gasteiger partial charge >= 0.3 is 6.18 Å². The van der Waals surface area contributed by atoms with Crippen LogP contribution in [-0.4, -0.2) is 6.18 Å². The van der Waals surface area contributed by atoms with Crippen molar-refractivity contribution in [1.29, 1.82) is 0 Å². The Morgan fingerprint density at radius 2 is 1.42 bits per heavy atom. The molecule has 0 N–H and O–H groups in total. The highest BCUT2D eigenvalue weighted by Crippen LogP contribution is 2.32. The van der Waals surface area contributed by atoms with Gasteiger partial charge in [-0.1, -0.05) is 0 Å². The first kappa shape index (κ1) is 11.0. The zero-order valence-electron chi connectivity index (χ0n) is 5.22. The van der Waals surface area contributed by atoms with E-state index in [0.717, 1.165) is 0 Å². The summed E-state index contributed by atoms with van der Waals surface area (Å²) in [4.78, 5) is 0. The van der Waals surface area contributed by atoms with E-state index in [9.17, 15) is 30.7 Å². The van der Waals surface area contributed by atoms with Crippen LogP contribution in [-0.2, 0) is 0 Å². The van der Waals surface area contributed by atoms with Crippen LogP contribution in [0.4, 0.5) is 30.7 Å². The summed E-state index contributed by atoms with van der Waals surface area (Å²) in [6.45, 7) is 0. The molecule has 0 aliphatic rings. The molecular weight excluding hydrogens is 193 g/mol. The van der Waals surface area contributed by atoms with Crippen molar-refractivity contribution in [3.63, 3.8) is 0 Å². The summed E-state index contributed by atoms with van der Waals surface area (Å²) in [5.41, 5.74) is 0. The third-order valence-corrected chi connectivity index (χ3v) is 0.747. The molecule has 0 aromatic carbocycles. The van der Waals surface area contributed by atoms with Gasteiger partial charge < -0.3 is 0 Å². The van der Waals surface area contributed by atoms with Crippen LogP contribution >= 0.6 is 0 Å². The number of rotatable bonds is 1. The summed E-state index contributed by atoms with van der Waals surface area (Å²) in [5, 5.41) is 0. The first-order chi connectivity index (χ1) is 5.30. The van der Waals surface area contributed by atoms with Crippen LogP contribution in [0.3, 0.4) is 0 Å². The Kier molecular flexibility index (Phi) is 3.29. The minimum absolute atomic E-state index is 1.11. The van der Waals surface area contributed by atoms with Gasteiger partial charge in [-0.2, -0.15) is 17.6 Å². The molecule has 0 saturated heterocycles. The fourth-order valence-electron chi connectivity index (χ4n) is 0.277. The van der Waals surface area contributed by atoms with E-state index in [-0.39, 0.29) is 0 Å². The second-order valence-electron chi connectivity index (χ2n) is 1.58. The number of alkyl halides is 3. The highest BCUT2D eigenvalue weighted by molar-refractivity contribution is 5.22. The number of hydrogen-bond acceptors (Lipinski definition) is 0. The fraction of sp³-hybridized carbons (Fsp3) is 0.200. The third kappa shape index (κ3) is 2.55. The summed E-state index contributed by atoms with van der Waals surface area (Å²) in [6.07, 6.45) is -6.76. The Hall–Kier alpha value is -1.01. The van der Waals surface area contributed by atoms with Gasteiger partial charge in [0.1, 0.15) is 6.33 Å². The van der Waals surface area contributed by atoms with Gasteiger partial charge in [-0.3, -0.25) is 0 Å². The SMILES string of the molecule is F/C=C(F)/C(F)=C(\F)C(F)(F)F. The number of allylic oxidation sites excluding steroid dienone is 3. The lowest BCUT2D eigenvalue weighted by Crippen LogP contribution is -2.09. The molecule has 0 heterocycles. The van der Waals surface area contributed by atoms with Gasteiger partial charge in [-0.05, 0) is 0 Å². The maximum absolute atomic E-state index is 11.8. The maximum Gasteiger partial charge on any atom is 0.446 e. The molecule has 0 aromatic rings. The minimum atomic E-state index is -5.65. The second kappa shape index (κ2) is 3.59. The highest BCUT2D eigenvalue weighted by Gasteiger charge is 2.39. The van der Waals surface area contributed by atoms with E-state index in [1.807, 2.05) is 0 Å². The van der Waals surface area contributed by atoms with E-state index >= 15 is 0 Å².